The van der Waals surface area contributed by atoms with Crippen molar-refractivity contribution in [3.05, 3.63) is 0 Å². The molecule has 0 aromatic carbocycles. The molecule has 0 radical (unpaired) electrons. The quantitative estimate of drug-likeness (QED) is 0.585. The van der Waals surface area contributed by atoms with Crippen molar-refractivity contribution in [2.45, 2.75) is 96.2 Å². The van der Waals surface area contributed by atoms with Crippen molar-refractivity contribution in [3.8, 4) is 0 Å². The van der Waals surface area contributed by atoms with Gasteiger partial charge in [0.1, 0.15) is 0 Å². The van der Waals surface area contributed by atoms with Crippen LogP contribution in [-0.2, 0) is 4.74 Å². The van der Waals surface area contributed by atoms with Crippen molar-refractivity contribution in [2.24, 2.45) is 0 Å². The van der Waals surface area contributed by atoms with Crippen molar-refractivity contribution in [2.75, 3.05) is 6.61 Å². The smallest absolute Gasteiger partial charge is 0.0833 e. The van der Waals surface area contributed by atoms with Crippen molar-refractivity contribution in [1.29, 1.82) is 0 Å². The first-order valence-electron chi connectivity index (χ1n) is 8.14. The van der Waals surface area contributed by atoms with Gasteiger partial charge in [0.15, 0.2) is 0 Å². The molecule has 2 nitrogen and oxygen atoms in total. The maximum atomic E-state index is 9.77. The third kappa shape index (κ3) is 7.38. The van der Waals surface area contributed by atoms with E-state index in [-0.39, 0.29) is 12.2 Å². The van der Waals surface area contributed by atoms with E-state index < -0.39 is 0 Å². The minimum atomic E-state index is -0.201. The lowest BCUT2D eigenvalue weighted by molar-refractivity contribution is -0.0594. The summed E-state index contributed by atoms with van der Waals surface area (Å²) in [6.45, 7) is 3.10. The fourth-order valence-electron chi connectivity index (χ4n) is 2.74. The Morgan fingerprint density at radius 3 is 2.17 bits per heavy atom. The van der Waals surface area contributed by atoms with Crippen LogP contribution in [0.2, 0.25) is 0 Å². The van der Waals surface area contributed by atoms with Crippen LogP contribution < -0.4 is 0 Å². The van der Waals surface area contributed by atoms with E-state index in [4.69, 9.17) is 4.74 Å². The summed E-state index contributed by atoms with van der Waals surface area (Å²) >= 11 is 0. The molecule has 1 saturated carbocycles. The van der Waals surface area contributed by atoms with Gasteiger partial charge in [0.25, 0.3) is 0 Å². The first kappa shape index (κ1) is 16.0. The summed E-state index contributed by atoms with van der Waals surface area (Å²) in [5.74, 6) is 0. The summed E-state index contributed by atoms with van der Waals surface area (Å²) in [6.07, 6.45) is 15.0. The summed E-state index contributed by atoms with van der Waals surface area (Å²) in [5.41, 5.74) is 0. The van der Waals surface area contributed by atoms with Crippen LogP contribution in [0.3, 0.4) is 0 Å². The monoisotopic (exact) mass is 256 g/mol. The number of ether oxygens (including phenoxy) is 1. The Hall–Kier alpha value is -0.0800. The molecule has 1 fully saturated rings. The number of unbranched alkanes of at least 4 members (excludes halogenated alkanes) is 7. The molecule has 0 saturated heterocycles. The summed E-state index contributed by atoms with van der Waals surface area (Å²) in [4.78, 5) is 0. The lowest BCUT2D eigenvalue weighted by Gasteiger charge is -2.27. The Balaban J connectivity index is 1.83. The molecule has 2 atom stereocenters. The zero-order valence-corrected chi connectivity index (χ0v) is 12.2. The van der Waals surface area contributed by atoms with Gasteiger partial charge < -0.3 is 9.84 Å². The van der Waals surface area contributed by atoms with Gasteiger partial charge in [0.2, 0.25) is 0 Å². The fourth-order valence-corrected chi connectivity index (χ4v) is 2.74. The van der Waals surface area contributed by atoms with E-state index in [1.807, 2.05) is 0 Å². The third-order valence-electron chi connectivity index (χ3n) is 4.00. The standard InChI is InChI=1S/C16H32O2/c1-2-3-4-5-6-7-8-11-14-18-16-13-10-9-12-15(16)17/h15-17H,2-14H2,1H3. The highest BCUT2D eigenvalue weighted by atomic mass is 16.5. The SMILES string of the molecule is CCCCCCCCCCOC1CCCCC1O. The van der Waals surface area contributed by atoms with Gasteiger partial charge in [0.05, 0.1) is 12.2 Å². The molecule has 18 heavy (non-hydrogen) atoms. The molecule has 1 aliphatic carbocycles. The zero-order chi connectivity index (χ0) is 13.1. The molecular formula is C16H32O2. The second kappa shape index (κ2) is 10.8. The Morgan fingerprint density at radius 1 is 0.889 bits per heavy atom. The molecule has 0 aromatic heterocycles. The highest BCUT2D eigenvalue weighted by molar-refractivity contribution is 4.74. The molecular weight excluding hydrogens is 224 g/mol. The van der Waals surface area contributed by atoms with Gasteiger partial charge in [0, 0.05) is 6.61 Å². The number of rotatable bonds is 10. The largest absolute Gasteiger partial charge is 0.390 e. The van der Waals surface area contributed by atoms with Crippen molar-refractivity contribution >= 4 is 0 Å². The maximum Gasteiger partial charge on any atom is 0.0833 e. The van der Waals surface area contributed by atoms with Crippen LogP contribution in [0.1, 0.15) is 84.0 Å². The van der Waals surface area contributed by atoms with Crippen LogP contribution >= 0.6 is 0 Å². The van der Waals surface area contributed by atoms with E-state index in [0.29, 0.717) is 0 Å². The number of hydrogen-bond acceptors (Lipinski definition) is 2. The molecule has 108 valence electrons. The van der Waals surface area contributed by atoms with Crippen molar-refractivity contribution < 1.29 is 9.84 Å². The summed E-state index contributed by atoms with van der Waals surface area (Å²) < 4.78 is 5.79. The minimum Gasteiger partial charge on any atom is -0.390 e. The highest BCUT2D eigenvalue weighted by Crippen LogP contribution is 2.21. The second-order valence-electron chi connectivity index (χ2n) is 5.74. The number of hydrogen-bond donors (Lipinski definition) is 1. The van der Waals surface area contributed by atoms with Crippen LogP contribution in [0.25, 0.3) is 0 Å². The first-order chi connectivity index (χ1) is 8.84. The molecule has 2 unspecified atom stereocenters. The molecule has 1 rings (SSSR count). The molecule has 0 spiro atoms. The van der Waals surface area contributed by atoms with Crippen LogP contribution in [-0.4, -0.2) is 23.9 Å². The average Bonchev–Trinajstić information content (AvgIpc) is 2.39. The van der Waals surface area contributed by atoms with Crippen molar-refractivity contribution in [1.82, 2.24) is 0 Å². The molecule has 1 N–H and O–H groups in total. The first-order valence-corrected chi connectivity index (χ1v) is 8.14. The van der Waals surface area contributed by atoms with Crippen LogP contribution in [0, 0.1) is 0 Å². The predicted octanol–water partition coefficient (Wildman–Crippen LogP) is 4.45. The summed E-state index contributed by atoms with van der Waals surface area (Å²) in [6, 6.07) is 0. The topological polar surface area (TPSA) is 29.5 Å². The third-order valence-corrected chi connectivity index (χ3v) is 4.00. The van der Waals surface area contributed by atoms with Gasteiger partial charge in [-0.2, -0.15) is 0 Å². The number of aliphatic hydroxyl groups excluding tert-OH is 1. The van der Waals surface area contributed by atoms with Crippen LogP contribution in [0.4, 0.5) is 0 Å². The molecule has 0 heterocycles. The van der Waals surface area contributed by atoms with Crippen LogP contribution in [0.5, 0.6) is 0 Å². The fraction of sp³-hybridized carbons (Fsp3) is 1.00. The van der Waals surface area contributed by atoms with E-state index in [0.717, 1.165) is 25.9 Å². The van der Waals surface area contributed by atoms with E-state index in [9.17, 15) is 5.11 Å². The van der Waals surface area contributed by atoms with Gasteiger partial charge in [-0.3, -0.25) is 0 Å². The van der Waals surface area contributed by atoms with E-state index in [2.05, 4.69) is 6.92 Å². The Bertz CT molecular complexity index is 182. The van der Waals surface area contributed by atoms with Crippen LogP contribution in [0.15, 0.2) is 0 Å². The van der Waals surface area contributed by atoms with Gasteiger partial charge in [-0.1, -0.05) is 64.7 Å². The van der Waals surface area contributed by atoms with Crippen molar-refractivity contribution in [3.63, 3.8) is 0 Å². The lowest BCUT2D eigenvalue weighted by Crippen LogP contribution is -2.32. The van der Waals surface area contributed by atoms with Gasteiger partial charge in [-0.25, -0.2) is 0 Å². The Morgan fingerprint density at radius 2 is 1.50 bits per heavy atom. The summed E-state index contributed by atoms with van der Waals surface area (Å²) in [7, 11) is 0. The molecule has 0 aromatic rings. The second-order valence-corrected chi connectivity index (χ2v) is 5.74. The Labute approximate surface area is 113 Å². The lowest BCUT2D eigenvalue weighted by atomic mass is 9.95. The predicted molar refractivity (Wildman–Crippen MR) is 76.8 cm³/mol. The van der Waals surface area contributed by atoms with E-state index in [1.165, 1.54) is 57.8 Å². The maximum absolute atomic E-state index is 9.77. The normalized spacial score (nSPS) is 24.3. The molecule has 2 heteroatoms. The van der Waals surface area contributed by atoms with Gasteiger partial charge in [-0.15, -0.1) is 0 Å². The molecule has 0 aliphatic heterocycles. The van der Waals surface area contributed by atoms with E-state index in [1.54, 1.807) is 0 Å². The van der Waals surface area contributed by atoms with Gasteiger partial charge >= 0.3 is 0 Å². The minimum absolute atomic E-state index is 0.128. The number of aliphatic hydroxyl groups is 1. The molecule has 0 bridgehead atoms. The zero-order valence-electron chi connectivity index (χ0n) is 12.2. The van der Waals surface area contributed by atoms with Gasteiger partial charge in [-0.05, 0) is 19.3 Å². The average molecular weight is 256 g/mol. The highest BCUT2D eigenvalue weighted by Gasteiger charge is 2.22. The summed E-state index contributed by atoms with van der Waals surface area (Å²) in [5, 5.41) is 9.77. The molecule has 0 amide bonds. The Kier molecular flexibility index (Phi) is 9.59. The molecule has 1 aliphatic rings. The van der Waals surface area contributed by atoms with E-state index >= 15 is 0 Å².